The Morgan fingerprint density at radius 2 is 1.65 bits per heavy atom. The molecule has 31 heavy (non-hydrogen) atoms. The number of halogens is 5. The molecule has 170 valence electrons. The maximum absolute atomic E-state index is 15.4. The number of ether oxygens (including phenoxy) is 1. The molecular weight excluding hydrogens is 411 g/mol. The van der Waals surface area contributed by atoms with Crippen LogP contribution in [-0.4, -0.2) is 12.8 Å². The quantitative estimate of drug-likeness (QED) is 0.296. The molecule has 0 aliphatic heterocycles. The Morgan fingerprint density at radius 1 is 0.935 bits per heavy atom. The summed E-state index contributed by atoms with van der Waals surface area (Å²) in [4.78, 5) is 0. The summed E-state index contributed by atoms with van der Waals surface area (Å²) in [7, 11) is 0. The fourth-order valence-electron chi connectivity index (χ4n) is 4.57. The molecular formula is C25H29F5O. The van der Waals surface area contributed by atoms with E-state index in [-0.39, 0.29) is 17.0 Å². The van der Waals surface area contributed by atoms with Crippen LogP contribution in [0.2, 0.25) is 0 Å². The second kappa shape index (κ2) is 10.5. The summed E-state index contributed by atoms with van der Waals surface area (Å²) < 4.78 is 72.3. The summed E-state index contributed by atoms with van der Waals surface area (Å²) in [6, 6.07) is 8.64. The lowest BCUT2D eigenvalue weighted by Crippen LogP contribution is -2.20. The SMILES string of the molecule is CCCCCC1CCC(c2ccc(OCC(F)(F)F)c(F)c2-c2ccccc2F)CC1. The normalized spacial score (nSPS) is 19.4. The lowest BCUT2D eigenvalue weighted by Gasteiger charge is -2.30. The molecule has 1 nitrogen and oxygen atoms in total. The first kappa shape index (κ1) is 23.6. The van der Waals surface area contributed by atoms with Gasteiger partial charge in [-0.05, 0) is 55.2 Å². The number of hydrogen-bond donors (Lipinski definition) is 0. The molecule has 1 saturated carbocycles. The molecule has 0 aromatic heterocycles. The number of rotatable bonds is 8. The first-order valence-electron chi connectivity index (χ1n) is 11.1. The van der Waals surface area contributed by atoms with E-state index in [0.717, 1.165) is 25.7 Å². The zero-order chi connectivity index (χ0) is 22.4. The molecule has 1 aliphatic carbocycles. The first-order valence-corrected chi connectivity index (χ1v) is 11.1. The largest absolute Gasteiger partial charge is 0.481 e. The van der Waals surface area contributed by atoms with Crippen LogP contribution in [0.15, 0.2) is 36.4 Å². The van der Waals surface area contributed by atoms with Crippen molar-refractivity contribution in [3.05, 3.63) is 53.6 Å². The van der Waals surface area contributed by atoms with Gasteiger partial charge in [0.1, 0.15) is 5.82 Å². The summed E-state index contributed by atoms with van der Waals surface area (Å²) in [6.07, 6.45) is 4.01. The summed E-state index contributed by atoms with van der Waals surface area (Å²) in [5, 5.41) is 0. The topological polar surface area (TPSA) is 9.23 Å². The Morgan fingerprint density at radius 3 is 2.29 bits per heavy atom. The predicted molar refractivity (Wildman–Crippen MR) is 112 cm³/mol. The maximum atomic E-state index is 15.4. The third-order valence-corrected chi connectivity index (χ3v) is 6.18. The van der Waals surface area contributed by atoms with E-state index in [1.807, 2.05) is 0 Å². The van der Waals surface area contributed by atoms with Gasteiger partial charge in [0.2, 0.25) is 0 Å². The van der Waals surface area contributed by atoms with Crippen LogP contribution >= 0.6 is 0 Å². The van der Waals surface area contributed by atoms with E-state index in [4.69, 9.17) is 4.74 Å². The Balaban J connectivity index is 1.88. The third kappa shape index (κ3) is 6.20. The van der Waals surface area contributed by atoms with Crippen molar-refractivity contribution in [3.63, 3.8) is 0 Å². The van der Waals surface area contributed by atoms with Crippen LogP contribution in [0.4, 0.5) is 22.0 Å². The summed E-state index contributed by atoms with van der Waals surface area (Å²) >= 11 is 0. The second-order valence-electron chi connectivity index (χ2n) is 8.44. The molecule has 3 rings (SSSR count). The molecule has 0 saturated heterocycles. The fraction of sp³-hybridized carbons (Fsp3) is 0.520. The Labute approximate surface area is 180 Å². The molecule has 2 aromatic carbocycles. The molecule has 0 heterocycles. The van der Waals surface area contributed by atoms with Crippen LogP contribution in [0.3, 0.4) is 0 Å². The molecule has 1 aliphatic rings. The van der Waals surface area contributed by atoms with Gasteiger partial charge in [0.05, 0.1) is 0 Å². The van der Waals surface area contributed by atoms with Crippen molar-refractivity contribution in [1.82, 2.24) is 0 Å². The van der Waals surface area contributed by atoms with Gasteiger partial charge in [-0.2, -0.15) is 13.2 Å². The smallest absolute Gasteiger partial charge is 0.422 e. The van der Waals surface area contributed by atoms with Crippen molar-refractivity contribution < 1.29 is 26.7 Å². The maximum Gasteiger partial charge on any atom is 0.422 e. The van der Waals surface area contributed by atoms with Gasteiger partial charge in [0, 0.05) is 11.1 Å². The van der Waals surface area contributed by atoms with Crippen LogP contribution in [0, 0.1) is 17.6 Å². The van der Waals surface area contributed by atoms with Crippen molar-refractivity contribution in [1.29, 1.82) is 0 Å². The van der Waals surface area contributed by atoms with E-state index in [1.165, 1.54) is 49.9 Å². The highest BCUT2D eigenvalue weighted by Gasteiger charge is 2.31. The minimum Gasteiger partial charge on any atom is -0.481 e. The predicted octanol–water partition coefficient (Wildman–Crippen LogP) is 8.43. The van der Waals surface area contributed by atoms with Gasteiger partial charge < -0.3 is 4.74 Å². The fourth-order valence-corrected chi connectivity index (χ4v) is 4.57. The van der Waals surface area contributed by atoms with Gasteiger partial charge in [-0.3, -0.25) is 0 Å². The van der Waals surface area contributed by atoms with E-state index in [9.17, 15) is 17.6 Å². The zero-order valence-electron chi connectivity index (χ0n) is 17.8. The Kier molecular flexibility index (Phi) is 7.95. The van der Waals surface area contributed by atoms with Gasteiger partial charge >= 0.3 is 6.18 Å². The lowest BCUT2D eigenvalue weighted by atomic mass is 9.75. The monoisotopic (exact) mass is 440 g/mol. The van der Waals surface area contributed by atoms with E-state index in [0.29, 0.717) is 11.5 Å². The highest BCUT2D eigenvalue weighted by molar-refractivity contribution is 5.71. The van der Waals surface area contributed by atoms with Crippen LogP contribution in [0.5, 0.6) is 5.75 Å². The highest BCUT2D eigenvalue weighted by Crippen LogP contribution is 2.44. The molecule has 2 aromatic rings. The number of hydrogen-bond acceptors (Lipinski definition) is 1. The highest BCUT2D eigenvalue weighted by atomic mass is 19.4. The van der Waals surface area contributed by atoms with Crippen molar-refractivity contribution in [3.8, 4) is 16.9 Å². The molecule has 1 fully saturated rings. The van der Waals surface area contributed by atoms with Crippen LogP contribution < -0.4 is 4.74 Å². The van der Waals surface area contributed by atoms with Crippen molar-refractivity contribution >= 4 is 0 Å². The van der Waals surface area contributed by atoms with Gasteiger partial charge in [-0.15, -0.1) is 0 Å². The number of unbranched alkanes of at least 4 members (excludes halogenated alkanes) is 2. The Bertz CT molecular complexity index is 853. The number of benzene rings is 2. The van der Waals surface area contributed by atoms with E-state index in [2.05, 4.69) is 6.92 Å². The third-order valence-electron chi connectivity index (χ3n) is 6.18. The minimum absolute atomic E-state index is 0.0206. The molecule has 6 heteroatoms. The standard InChI is InChI=1S/C25H29F5O/c1-2-3-4-7-17-10-12-18(13-11-17)19-14-15-22(31-16-25(28,29)30)24(27)23(19)20-8-5-6-9-21(20)26/h5-6,8-9,14-15,17-18H,2-4,7,10-13,16H2,1H3. The lowest BCUT2D eigenvalue weighted by molar-refractivity contribution is -0.153. The molecule has 0 N–H and O–H groups in total. The average Bonchev–Trinajstić information content (AvgIpc) is 2.73. The van der Waals surface area contributed by atoms with Gasteiger partial charge in [-0.1, -0.05) is 56.9 Å². The first-order chi connectivity index (χ1) is 14.8. The molecule has 0 radical (unpaired) electrons. The van der Waals surface area contributed by atoms with E-state index < -0.39 is 30.2 Å². The van der Waals surface area contributed by atoms with Gasteiger partial charge in [-0.25, -0.2) is 8.78 Å². The van der Waals surface area contributed by atoms with E-state index >= 15 is 4.39 Å². The van der Waals surface area contributed by atoms with Crippen LogP contribution in [0.1, 0.15) is 69.8 Å². The number of alkyl halides is 3. The minimum atomic E-state index is -4.58. The van der Waals surface area contributed by atoms with Crippen molar-refractivity contribution in [2.24, 2.45) is 5.92 Å². The van der Waals surface area contributed by atoms with Crippen LogP contribution in [-0.2, 0) is 0 Å². The molecule has 0 spiro atoms. The molecule has 0 bridgehead atoms. The second-order valence-corrected chi connectivity index (χ2v) is 8.44. The molecule has 0 amide bonds. The Hall–Kier alpha value is -2.11. The summed E-state index contributed by atoms with van der Waals surface area (Å²) in [5.41, 5.74) is 0.721. The average molecular weight is 440 g/mol. The van der Waals surface area contributed by atoms with Gasteiger partial charge in [0.25, 0.3) is 0 Å². The van der Waals surface area contributed by atoms with E-state index in [1.54, 1.807) is 12.1 Å². The molecule has 0 unspecified atom stereocenters. The van der Waals surface area contributed by atoms with Crippen molar-refractivity contribution in [2.75, 3.05) is 6.61 Å². The van der Waals surface area contributed by atoms with Crippen LogP contribution in [0.25, 0.3) is 11.1 Å². The molecule has 0 atom stereocenters. The van der Waals surface area contributed by atoms with Crippen molar-refractivity contribution in [2.45, 2.75) is 70.4 Å². The summed E-state index contributed by atoms with van der Waals surface area (Å²) in [5.74, 6) is -1.35. The zero-order valence-corrected chi connectivity index (χ0v) is 17.8. The summed E-state index contributed by atoms with van der Waals surface area (Å²) in [6.45, 7) is 0.584. The van der Waals surface area contributed by atoms with Gasteiger partial charge in [0.15, 0.2) is 18.2 Å².